The third-order valence-corrected chi connectivity index (χ3v) is 2.61. The number of nitrogens with zero attached hydrogens (tertiary/aromatic N) is 1. The maximum absolute atomic E-state index is 13.1. The van der Waals surface area contributed by atoms with E-state index in [0.29, 0.717) is 23.1 Å². The summed E-state index contributed by atoms with van der Waals surface area (Å²) in [5, 5.41) is 2.95. The minimum absolute atomic E-state index is 0. The van der Waals surface area contributed by atoms with Gasteiger partial charge in [0.2, 0.25) is 0 Å². The summed E-state index contributed by atoms with van der Waals surface area (Å²) in [6.07, 6.45) is 0. The molecule has 0 radical (unpaired) electrons. The highest BCUT2D eigenvalue weighted by Gasteiger charge is 2.12. The van der Waals surface area contributed by atoms with Crippen molar-refractivity contribution >= 4 is 34.2 Å². The lowest BCUT2D eigenvalue weighted by molar-refractivity contribution is 0.0796. The van der Waals surface area contributed by atoms with E-state index in [1.54, 1.807) is 18.0 Å². The van der Waals surface area contributed by atoms with Crippen molar-refractivity contribution in [3.8, 4) is 0 Å². The molecular formula is C11H15BrClFN2O. The molecule has 1 aromatic carbocycles. The van der Waals surface area contributed by atoms with Crippen LogP contribution in [0.2, 0.25) is 0 Å². The molecule has 0 spiro atoms. The van der Waals surface area contributed by atoms with Gasteiger partial charge in [0.05, 0.1) is 0 Å². The van der Waals surface area contributed by atoms with Crippen molar-refractivity contribution in [2.24, 2.45) is 0 Å². The summed E-state index contributed by atoms with van der Waals surface area (Å²) in [7, 11) is 3.51. The lowest BCUT2D eigenvalue weighted by Gasteiger charge is -2.17. The molecule has 0 heterocycles. The third kappa shape index (κ3) is 5.02. The second kappa shape index (κ2) is 7.63. The molecule has 0 aliphatic carbocycles. The first-order valence-electron chi connectivity index (χ1n) is 4.90. The monoisotopic (exact) mass is 324 g/mol. The first kappa shape index (κ1) is 16.4. The molecule has 0 bridgehead atoms. The number of likely N-dealkylation sites (N-methyl/N-ethyl adjacent to an activating group) is 2. The van der Waals surface area contributed by atoms with E-state index >= 15 is 0 Å². The van der Waals surface area contributed by atoms with E-state index in [1.807, 2.05) is 7.05 Å². The topological polar surface area (TPSA) is 32.3 Å². The van der Waals surface area contributed by atoms with Crippen LogP contribution in [0.1, 0.15) is 10.4 Å². The fraction of sp³-hybridized carbons (Fsp3) is 0.364. The fourth-order valence-electron chi connectivity index (χ4n) is 1.28. The van der Waals surface area contributed by atoms with E-state index in [4.69, 9.17) is 0 Å². The van der Waals surface area contributed by atoms with Crippen LogP contribution in [-0.4, -0.2) is 38.0 Å². The highest BCUT2D eigenvalue weighted by atomic mass is 79.9. The molecule has 6 heteroatoms. The van der Waals surface area contributed by atoms with Crippen LogP contribution < -0.4 is 5.32 Å². The number of hydrogen-bond donors (Lipinski definition) is 1. The van der Waals surface area contributed by atoms with Gasteiger partial charge in [-0.05, 0) is 25.2 Å². The Bertz CT molecular complexity index is 369. The lowest BCUT2D eigenvalue weighted by Crippen LogP contribution is -2.32. The van der Waals surface area contributed by atoms with Crippen LogP contribution in [0.4, 0.5) is 4.39 Å². The van der Waals surface area contributed by atoms with Crippen LogP contribution in [0.5, 0.6) is 0 Å². The van der Waals surface area contributed by atoms with Crippen molar-refractivity contribution in [2.45, 2.75) is 0 Å². The smallest absolute Gasteiger partial charge is 0.253 e. The molecule has 1 aromatic rings. The van der Waals surface area contributed by atoms with E-state index in [2.05, 4.69) is 21.2 Å². The molecule has 1 rings (SSSR count). The molecule has 0 aliphatic rings. The Kier molecular flexibility index (Phi) is 7.34. The number of carbonyl (C=O) groups excluding carboxylic acids is 1. The molecule has 0 aromatic heterocycles. The Hall–Kier alpha value is -0.650. The van der Waals surface area contributed by atoms with Crippen LogP contribution in [-0.2, 0) is 0 Å². The highest BCUT2D eigenvalue weighted by molar-refractivity contribution is 9.10. The summed E-state index contributed by atoms with van der Waals surface area (Å²) in [6.45, 7) is 1.29. The van der Waals surface area contributed by atoms with Gasteiger partial charge < -0.3 is 10.2 Å². The molecule has 96 valence electrons. The van der Waals surface area contributed by atoms with Gasteiger partial charge in [0, 0.05) is 30.2 Å². The quantitative estimate of drug-likeness (QED) is 0.921. The summed E-state index contributed by atoms with van der Waals surface area (Å²) in [5.74, 6) is -0.602. The second-order valence-electron chi connectivity index (χ2n) is 3.49. The van der Waals surface area contributed by atoms with Crippen LogP contribution in [0.25, 0.3) is 0 Å². The zero-order chi connectivity index (χ0) is 12.1. The van der Waals surface area contributed by atoms with Gasteiger partial charge in [-0.1, -0.05) is 15.9 Å². The van der Waals surface area contributed by atoms with Gasteiger partial charge >= 0.3 is 0 Å². The van der Waals surface area contributed by atoms with Gasteiger partial charge in [-0.15, -0.1) is 12.4 Å². The molecule has 0 saturated heterocycles. The zero-order valence-corrected chi connectivity index (χ0v) is 12.1. The Morgan fingerprint density at radius 1 is 1.47 bits per heavy atom. The fourth-order valence-corrected chi connectivity index (χ4v) is 1.74. The molecule has 1 amide bonds. The van der Waals surface area contributed by atoms with Crippen molar-refractivity contribution < 1.29 is 9.18 Å². The first-order chi connectivity index (χ1) is 7.54. The normalized spacial score (nSPS) is 9.65. The molecule has 0 atom stereocenters. The minimum Gasteiger partial charge on any atom is -0.340 e. The van der Waals surface area contributed by atoms with Gasteiger partial charge in [0.25, 0.3) is 5.91 Å². The van der Waals surface area contributed by atoms with Crippen LogP contribution in [0.15, 0.2) is 22.7 Å². The zero-order valence-electron chi connectivity index (χ0n) is 9.67. The van der Waals surface area contributed by atoms with Crippen LogP contribution in [0.3, 0.4) is 0 Å². The number of carbonyl (C=O) groups is 1. The second-order valence-corrected chi connectivity index (χ2v) is 4.40. The van der Waals surface area contributed by atoms with Crippen LogP contribution >= 0.6 is 28.3 Å². The summed E-state index contributed by atoms with van der Waals surface area (Å²) in [6, 6.07) is 4.18. The summed E-state index contributed by atoms with van der Waals surface area (Å²) < 4.78 is 13.7. The highest BCUT2D eigenvalue weighted by Crippen LogP contribution is 2.15. The molecule has 0 unspecified atom stereocenters. The number of hydrogen-bond acceptors (Lipinski definition) is 2. The molecule has 3 nitrogen and oxygen atoms in total. The Morgan fingerprint density at radius 2 is 2.12 bits per heavy atom. The molecule has 1 N–H and O–H groups in total. The summed E-state index contributed by atoms with van der Waals surface area (Å²) in [4.78, 5) is 13.4. The van der Waals surface area contributed by atoms with E-state index in [1.165, 1.54) is 12.1 Å². The molecule has 0 fully saturated rings. The number of halogens is 3. The van der Waals surface area contributed by atoms with E-state index in [0.717, 1.165) is 0 Å². The van der Waals surface area contributed by atoms with Crippen molar-refractivity contribution in [2.75, 3.05) is 27.2 Å². The first-order valence-corrected chi connectivity index (χ1v) is 5.70. The lowest BCUT2D eigenvalue weighted by atomic mass is 10.2. The van der Waals surface area contributed by atoms with Crippen molar-refractivity contribution in [3.05, 3.63) is 34.1 Å². The van der Waals surface area contributed by atoms with E-state index < -0.39 is 5.82 Å². The Labute approximate surface area is 115 Å². The molecular weight excluding hydrogens is 310 g/mol. The summed E-state index contributed by atoms with van der Waals surface area (Å²) >= 11 is 3.16. The Balaban J connectivity index is 0.00000256. The largest absolute Gasteiger partial charge is 0.340 e. The standard InChI is InChI=1S/C11H14BrFN2O.ClH/c1-14-3-4-15(2)11(16)8-5-9(12)7-10(13)6-8;/h5-7,14H,3-4H2,1-2H3;1H. The number of benzene rings is 1. The van der Waals surface area contributed by atoms with Crippen molar-refractivity contribution in [1.82, 2.24) is 10.2 Å². The van der Waals surface area contributed by atoms with Gasteiger partial charge in [-0.25, -0.2) is 4.39 Å². The average molecular weight is 326 g/mol. The van der Waals surface area contributed by atoms with E-state index in [-0.39, 0.29) is 18.3 Å². The predicted molar refractivity (Wildman–Crippen MR) is 72.2 cm³/mol. The van der Waals surface area contributed by atoms with E-state index in [9.17, 15) is 9.18 Å². The van der Waals surface area contributed by atoms with Gasteiger partial charge in [0.15, 0.2) is 0 Å². The number of amides is 1. The van der Waals surface area contributed by atoms with Crippen LogP contribution in [0, 0.1) is 5.82 Å². The molecule has 0 aliphatic heterocycles. The molecule has 17 heavy (non-hydrogen) atoms. The molecule has 0 saturated carbocycles. The number of rotatable bonds is 4. The summed E-state index contributed by atoms with van der Waals surface area (Å²) in [5.41, 5.74) is 0.352. The van der Waals surface area contributed by atoms with Gasteiger partial charge in [-0.3, -0.25) is 4.79 Å². The average Bonchev–Trinajstić information content (AvgIpc) is 2.23. The maximum Gasteiger partial charge on any atom is 0.253 e. The maximum atomic E-state index is 13.1. The van der Waals surface area contributed by atoms with Crippen molar-refractivity contribution in [1.29, 1.82) is 0 Å². The van der Waals surface area contributed by atoms with Gasteiger partial charge in [-0.2, -0.15) is 0 Å². The van der Waals surface area contributed by atoms with Gasteiger partial charge in [0.1, 0.15) is 5.82 Å². The predicted octanol–water partition coefficient (Wildman–Crippen LogP) is 2.30. The number of nitrogens with one attached hydrogen (secondary N) is 1. The van der Waals surface area contributed by atoms with Crippen molar-refractivity contribution in [3.63, 3.8) is 0 Å². The SMILES string of the molecule is CNCCN(C)C(=O)c1cc(F)cc(Br)c1.Cl. The third-order valence-electron chi connectivity index (χ3n) is 2.15. The Morgan fingerprint density at radius 3 is 2.65 bits per heavy atom. The minimum atomic E-state index is -0.417.